The summed E-state index contributed by atoms with van der Waals surface area (Å²) < 4.78 is 5.24. The molecule has 1 fully saturated rings. The maximum absolute atomic E-state index is 5.25. The lowest BCUT2D eigenvalue weighted by atomic mass is 10.5. The lowest BCUT2D eigenvalue weighted by Crippen LogP contribution is -2.40. The van der Waals surface area contributed by atoms with Gasteiger partial charge in [0.1, 0.15) is 18.0 Å². The zero-order valence-corrected chi connectivity index (χ0v) is 8.31. The quantitative estimate of drug-likeness (QED) is 0.454. The molecular weight excluding hydrogens is 196 g/mol. The third-order valence-electron chi connectivity index (χ3n) is 2.10. The van der Waals surface area contributed by atoms with Crippen LogP contribution < -0.4 is 16.7 Å². The Morgan fingerprint density at radius 1 is 1.27 bits per heavy atom. The zero-order valence-electron chi connectivity index (χ0n) is 8.31. The van der Waals surface area contributed by atoms with Gasteiger partial charge >= 0.3 is 0 Å². The van der Waals surface area contributed by atoms with Crippen LogP contribution >= 0.6 is 0 Å². The van der Waals surface area contributed by atoms with Gasteiger partial charge in [0, 0.05) is 19.2 Å². The number of hydrogen-bond donors (Lipinski definition) is 3. The van der Waals surface area contributed by atoms with Crippen molar-refractivity contribution < 1.29 is 4.74 Å². The highest BCUT2D eigenvalue weighted by atomic mass is 16.5. The molecule has 2 heterocycles. The summed E-state index contributed by atoms with van der Waals surface area (Å²) in [4.78, 5) is 8.00. The van der Waals surface area contributed by atoms with Crippen molar-refractivity contribution in [2.75, 3.05) is 37.2 Å². The van der Waals surface area contributed by atoms with E-state index in [9.17, 15) is 0 Å². The third kappa shape index (κ3) is 2.75. The second-order valence-corrected chi connectivity index (χ2v) is 3.14. The number of nitrogens with two attached hydrogens (primary N) is 1. The molecule has 1 aromatic rings. The van der Waals surface area contributed by atoms with Gasteiger partial charge in [-0.15, -0.1) is 0 Å². The molecule has 7 nitrogen and oxygen atoms in total. The number of aromatic nitrogens is 2. The summed E-state index contributed by atoms with van der Waals surface area (Å²) in [5.74, 6) is 6.56. The van der Waals surface area contributed by atoms with E-state index in [1.165, 1.54) is 6.33 Å². The van der Waals surface area contributed by atoms with Gasteiger partial charge in [0.25, 0.3) is 0 Å². The maximum atomic E-state index is 5.25. The Morgan fingerprint density at radius 2 is 2.00 bits per heavy atom. The molecule has 1 saturated heterocycles. The Labute approximate surface area is 87.6 Å². The van der Waals surface area contributed by atoms with Crippen molar-refractivity contribution in [3.8, 4) is 0 Å². The fourth-order valence-electron chi connectivity index (χ4n) is 1.33. The largest absolute Gasteiger partial charge is 0.379 e. The molecule has 0 saturated carbocycles. The van der Waals surface area contributed by atoms with Crippen molar-refractivity contribution in [2.45, 2.75) is 0 Å². The van der Waals surface area contributed by atoms with Gasteiger partial charge in [-0.05, 0) is 0 Å². The molecular formula is C8H14N6O. The van der Waals surface area contributed by atoms with E-state index in [1.807, 2.05) is 5.01 Å². The molecule has 0 unspecified atom stereocenters. The second kappa shape index (κ2) is 4.87. The van der Waals surface area contributed by atoms with Crippen LogP contribution in [0.1, 0.15) is 0 Å². The van der Waals surface area contributed by atoms with Crippen LogP contribution in [-0.2, 0) is 4.74 Å². The van der Waals surface area contributed by atoms with E-state index in [0.29, 0.717) is 5.82 Å². The highest BCUT2D eigenvalue weighted by Gasteiger charge is 2.10. The fourth-order valence-corrected chi connectivity index (χ4v) is 1.33. The van der Waals surface area contributed by atoms with Gasteiger partial charge < -0.3 is 15.6 Å². The van der Waals surface area contributed by atoms with Gasteiger partial charge in [0.2, 0.25) is 0 Å². The van der Waals surface area contributed by atoms with Crippen molar-refractivity contribution >= 4 is 11.6 Å². The van der Waals surface area contributed by atoms with Crippen molar-refractivity contribution in [1.82, 2.24) is 15.0 Å². The topological polar surface area (TPSA) is 88.3 Å². The summed E-state index contributed by atoms with van der Waals surface area (Å²) in [5.41, 5.74) is 5.63. The first kappa shape index (κ1) is 10.1. The van der Waals surface area contributed by atoms with E-state index in [4.69, 9.17) is 10.6 Å². The Kier molecular flexibility index (Phi) is 3.28. The third-order valence-corrected chi connectivity index (χ3v) is 2.10. The lowest BCUT2D eigenvalue weighted by Gasteiger charge is -2.27. The Morgan fingerprint density at radius 3 is 2.73 bits per heavy atom. The van der Waals surface area contributed by atoms with Crippen LogP contribution in [0.2, 0.25) is 0 Å². The molecule has 0 spiro atoms. The fraction of sp³-hybridized carbons (Fsp3) is 0.500. The molecule has 0 aromatic carbocycles. The number of nitrogens with one attached hydrogen (secondary N) is 2. The smallest absolute Gasteiger partial charge is 0.145 e. The number of hydrazine groups is 2. The molecule has 1 aliphatic heterocycles. The van der Waals surface area contributed by atoms with E-state index in [2.05, 4.69) is 20.8 Å². The van der Waals surface area contributed by atoms with E-state index in [-0.39, 0.29) is 0 Å². The zero-order chi connectivity index (χ0) is 10.5. The number of anilines is 2. The summed E-state index contributed by atoms with van der Waals surface area (Å²) in [7, 11) is 0. The Hall–Kier alpha value is -1.44. The molecule has 2 rings (SSSR count). The van der Waals surface area contributed by atoms with E-state index < -0.39 is 0 Å². The van der Waals surface area contributed by atoms with E-state index >= 15 is 0 Å². The number of ether oxygens (including phenoxy) is 1. The first-order valence-electron chi connectivity index (χ1n) is 4.76. The van der Waals surface area contributed by atoms with Crippen molar-refractivity contribution in [1.29, 1.82) is 0 Å². The lowest BCUT2D eigenvalue weighted by molar-refractivity contribution is 0.0495. The van der Waals surface area contributed by atoms with Crippen LogP contribution in [0.5, 0.6) is 0 Å². The van der Waals surface area contributed by atoms with Gasteiger partial charge in [-0.3, -0.25) is 0 Å². The number of nitrogen functional groups attached to an aromatic ring is 1. The van der Waals surface area contributed by atoms with Gasteiger partial charge in [-0.2, -0.15) is 0 Å². The summed E-state index contributed by atoms with van der Waals surface area (Å²) in [5, 5.41) is 2.05. The molecule has 1 aliphatic rings. The number of rotatable bonds is 3. The van der Waals surface area contributed by atoms with Crippen LogP contribution in [0.4, 0.5) is 11.6 Å². The molecule has 7 heteroatoms. The highest BCUT2D eigenvalue weighted by molar-refractivity contribution is 5.44. The first-order valence-corrected chi connectivity index (χ1v) is 4.76. The molecule has 0 radical (unpaired) electrons. The monoisotopic (exact) mass is 210 g/mol. The summed E-state index contributed by atoms with van der Waals surface area (Å²) in [6.45, 7) is 3.16. The SMILES string of the molecule is NNc1cc(NN2CCOCC2)ncn1. The normalized spacial score (nSPS) is 17.4. The van der Waals surface area contributed by atoms with Crippen molar-refractivity contribution in [3.05, 3.63) is 12.4 Å². The summed E-state index contributed by atoms with van der Waals surface area (Å²) in [6, 6.07) is 1.75. The van der Waals surface area contributed by atoms with Gasteiger partial charge in [0.15, 0.2) is 0 Å². The highest BCUT2D eigenvalue weighted by Crippen LogP contribution is 2.08. The molecule has 0 bridgehead atoms. The molecule has 82 valence electrons. The first-order chi connectivity index (χ1) is 7.38. The number of morpholine rings is 1. The average molecular weight is 210 g/mol. The standard InChI is InChI=1S/C8H14N6O/c9-12-7-5-8(11-6-10-7)13-14-1-3-15-4-2-14/h5-6H,1-4,9H2,(H2,10,11,12,13). The number of hydrogen-bond acceptors (Lipinski definition) is 7. The van der Waals surface area contributed by atoms with Crippen LogP contribution in [0.3, 0.4) is 0 Å². The molecule has 1 aromatic heterocycles. The minimum Gasteiger partial charge on any atom is -0.379 e. The average Bonchev–Trinajstić information content (AvgIpc) is 2.31. The second-order valence-electron chi connectivity index (χ2n) is 3.14. The Balaban J connectivity index is 1.96. The maximum Gasteiger partial charge on any atom is 0.145 e. The van der Waals surface area contributed by atoms with Crippen LogP contribution in [0.25, 0.3) is 0 Å². The van der Waals surface area contributed by atoms with Crippen LogP contribution in [-0.4, -0.2) is 41.3 Å². The van der Waals surface area contributed by atoms with Gasteiger partial charge in [-0.25, -0.2) is 20.8 Å². The van der Waals surface area contributed by atoms with Crippen LogP contribution in [0.15, 0.2) is 12.4 Å². The predicted molar refractivity (Wildman–Crippen MR) is 55.9 cm³/mol. The van der Waals surface area contributed by atoms with E-state index in [1.54, 1.807) is 6.07 Å². The number of nitrogens with zero attached hydrogens (tertiary/aromatic N) is 3. The summed E-state index contributed by atoms with van der Waals surface area (Å²) >= 11 is 0. The minimum absolute atomic E-state index is 0.584. The van der Waals surface area contributed by atoms with Crippen molar-refractivity contribution in [3.63, 3.8) is 0 Å². The van der Waals surface area contributed by atoms with Gasteiger partial charge in [-0.1, -0.05) is 0 Å². The molecule has 4 N–H and O–H groups in total. The molecule has 0 atom stereocenters. The van der Waals surface area contributed by atoms with Crippen molar-refractivity contribution in [2.24, 2.45) is 5.84 Å². The molecule has 15 heavy (non-hydrogen) atoms. The predicted octanol–water partition coefficient (Wildman–Crippen LogP) is -0.579. The molecule has 0 amide bonds. The minimum atomic E-state index is 0.584. The summed E-state index contributed by atoms with van der Waals surface area (Å²) in [6.07, 6.45) is 1.46. The van der Waals surface area contributed by atoms with Crippen LogP contribution in [0, 0.1) is 0 Å². The van der Waals surface area contributed by atoms with Gasteiger partial charge in [0.05, 0.1) is 13.2 Å². The molecule has 0 aliphatic carbocycles. The Bertz CT molecular complexity index is 314. The van der Waals surface area contributed by atoms with E-state index in [0.717, 1.165) is 32.1 Å².